The van der Waals surface area contributed by atoms with E-state index in [-0.39, 0.29) is 6.61 Å². The van der Waals surface area contributed by atoms with Crippen LogP contribution in [-0.4, -0.2) is 13.3 Å². The van der Waals surface area contributed by atoms with Crippen molar-refractivity contribution >= 4 is 6.16 Å². The van der Waals surface area contributed by atoms with E-state index in [1.54, 1.807) is 6.07 Å². The van der Waals surface area contributed by atoms with E-state index in [2.05, 4.69) is 9.47 Å². The molecule has 4 heteroatoms. The molecule has 0 aliphatic rings. The second-order valence-electron chi connectivity index (χ2n) is 1.87. The predicted molar refractivity (Wildman–Crippen MR) is 35.9 cm³/mol. The fourth-order valence-electron chi connectivity index (χ4n) is 0.576. The minimum absolute atomic E-state index is 0.184. The van der Waals surface area contributed by atoms with Gasteiger partial charge in [-0.3, -0.25) is 0 Å². The fraction of sp³-hybridized carbons (Fsp3) is 0.286. The minimum Gasteiger partial charge on any atom is -0.472 e. The molecule has 0 amide bonds. The molecule has 0 radical (unpaired) electrons. The van der Waals surface area contributed by atoms with Crippen LogP contribution in [0.3, 0.4) is 0 Å². The van der Waals surface area contributed by atoms with Crippen molar-refractivity contribution in [2.75, 3.05) is 7.11 Å². The molecule has 60 valence electrons. The van der Waals surface area contributed by atoms with Gasteiger partial charge in [0.25, 0.3) is 0 Å². The average molecular weight is 156 g/mol. The summed E-state index contributed by atoms with van der Waals surface area (Å²) in [6.07, 6.45) is 2.32. The number of ether oxygens (including phenoxy) is 2. The van der Waals surface area contributed by atoms with Crippen molar-refractivity contribution in [1.82, 2.24) is 0 Å². The second kappa shape index (κ2) is 3.65. The van der Waals surface area contributed by atoms with Gasteiger partial charge in [-0.25, -0.2) is 4.79 Å². The molecule has 1 rings (SSSR count). The van der Waals surface area contributed by atoms with E-state index in [9.17, 15) is 4.79 Å². The van der Waals surface area contributed by atoms with Crippen LogP contribution in [0.2, 0.25) is 0 Å². The maximum atomic E-state index is 10.4. The van der Waals surface area contributed by atoms with E-state index in [4.69, 9.17) is 4.42 Å². The quantitative estimate of drug-likeness (QED) is 0.609. The summed E-state index contributed by atoms with van der Waals surface area (Å²) >= 11 is 0. The Morgan fingerprint density at radius 2 is 2.55 bits per heavy atom. The molecular weight excluding hydrogens is 148 g/mol. The lowest BCUT2D eigenvalue weighted by atomic mass is 10.4. The van der Waals surface area contributed by atoms with E-state index in [1.807, 2.05) is 0 Å². The Labute approximate surface area is 63.7 Å². The average Bonchev–Trinajstić information content (AvgIpc) is 2.52. The normalized spacial score (nSPS) is 9.18. The van der Waals surface area contributed by atoms with Gasteiger partial charge >= 0.3 is 6.16 Å². The molecule has 0 aliphatic heterocycles. The number of methoxy groups -OCH3 is 1. The third-order valence-electron chi connectivity index (χ3n) is 1.10. The van der Waals surface area contributed by atoms with E-state index in [1.165, 1.54) is 19.6 Å². The third kappa shape index (κ3) is 2.33. The van der Waals surface area contributed by atoms with E-state index in [0.717, 1.165) is 5.56 Å². The molecule has 1 aromatic rings. The minimum atomic E-state index is -0.689. The molecule has 1 heterocycles. The lowest BCUT2D eigenvalue weighted by Gasteiger charge is -1.98. The molecule has 0 N–H and O–H groups in total. The molecule has 0 spiro atoms. The largest absolute Gasteiger partial charge is 0.508 e. The summed E-state index contributed by atoms with van der Waals surface area (Å²) in [6, 6.07) is 1.71. The van der Waals surface area contributed by atoms with Crippen molar-refractivity contribution in [3.05, 3.63) is 24.2 Å². The van der Waals surface area contributed by atoms with Crippen LogP contribution in [0.1, 0.15) is 5.56 Å². The van der Waals surface area contributed by atoms with Crippen LogP contribution < -0.4 is 0 Å². The molecule has 4 nitrogen and oxygen atoms in total. The lowest BCUT2D eigenvalue weighted by molar-refractivity contribution is 0.0668. The molecule has 0 saturated carbocycles. The van der Waals surface area contributed by atoms with Gasteiger partial charge in [0.05, 0.1) is 19.6 Å². The molecule has 1 aromatic heterocycles. The Balaban J connectivity index is 2.29. The number of rotatable bonds is 2. The van der Waals surface area contributed by atoms with Gasteiger partial charge in [0.1, 0.15) is 6.61 Å². The maximum Gasteiger partial charge on any atom is 0.508 e. The van der Waals surface area contributed by atoms with E-state index >= 15 is 0 Å². The Bertz CT molecular complexity index is 214. The number of carbonyl (C=O) groups excluding carboxylic acids is 1. The first kappa shape index (κ1) is 7.65. The maximum absolute atomic E-state index is 10.4. The standard InChI is InChI=1S/C7H8O4/c1-9-7(8)11-5-6-2-3-10-4-6/h2-4H,5H2,1H3. The van der Waals surface area contributed by atoms with Crippen molar-refractivity contribution in [1.29, 1.82) is 0 Å². The molecule has 0 aromatic carbocycles. The number of furan rings is 1. The predicted octanol–water partition coefficient (Wildman–Crippen LogP) is 1.56. The van der Waals surface area contributed by atoms with Crippen LogP contribution in [0.15, 0.2) is 23.0 Å². The summed E-state index contributed by atoms with van der Waals surface area (Å²) in [5.41, 5.74) is 0.801. The zero-order valence-corrected chi connectivity index (χ0v) is 6.07. The molecule has 0 saturated heterocycles. The van der Waals surface area contributed by atoms with Crippen molar-refractivity contribution in [2.45, 2.75) is 6.61 Å². The van der Waals surface area contributed by atoms with Gasteiger partial charge in [-0.15, -0.1) is 0 Å². The molecule has 0 atom stereocenters. The number of hydrogen-bond donors (Lipinski definition) is 0. The van der Waals surface area contributed by atoms with E-state index in [0.29, 0.717) is 0 Å². The summed E-state index contributed by atoms with van der Waals surface area (Å²) in [4.78, 5) is 10.4. The van der Waals surface area contributed by atoms with Crippen LogP contribution in [0.4, 0.5) is 4.79 Å². The van der Waals surface area contributed by atoms with Crippen LogP contribution in [0, 0.1) is 0 Å². The van der Waals surface area contributed by atoms with Crippen molar-refractivity contribution in [2.24, 2.45) is 0 Å². The first-order valence-corrected chi connectivity index (χ1v) is 3.04. The third-order valence-corrected chi connectivity index (χ3v) is 1.10. The van der Waals surface area contributed by atoms with E-state index < -0.39 is 6.16 Å². The monoisotopic (exact) mass is 156 g/mol. The van der Waals surface area contributed by atoms with Crippen LogP contribution >= 0.6 is 0 Å². The molecule has 0 bridgehead atoms. The Morgan fingerprint density at radius 3 is 3.09 bits per heavy atom. The van der Waals surface area contributed by atoms with Gasteiger partial charge in [-0.05, 0) is 6.07 Å². The Hall–Kier alpha value is -1.45. The molecule has 0 fully saturated rings. The molecular formula is C7H8O4. The van der Waals surface area contributed by atoms with Gasteiger partial charge < -0.3 is 13.9 Å². The lowest BCUT2D eigenvalue weighted by Crippen LogP contribution is -2.03. The van der Waals surface area contributed by atoms with Gasteiger partial charge in [-0.2, -0.15) is 0 Å². The fourth-order valence-corrected chi connectivity index (χ4v) is 0.576. The van der Waals surface area contributed by atoms with Gasteiger partial charge in [0.15, 0.2) is 0 Å². The number of hydrogen-bond acceptors (Lipinski definition) is 4. The Kier molecular flexibility index (Phi) is 2.54. The van der Waals surface area contributed by atoms with Gasteiger partial charge in [0, 0.05) is 5.56 Å². The molecule has 11 heavy (non-hydrogen) atoms. The summed E-state index contributed by atoms with van der Waals surface area (Å²) in [5.74, 6) is 0. The molecule has 0 aliphatic carbocycles. The summed E-state index contributed by atoms with van der Waals surface area (Å²) in [7, 11) is 1.26. The number of carbonyl (C=O) groups is 1. The van der Waals surface area contributed by atoms with Gasteiger partial charge in [-0.1, -0.05) is 0 Å². The Morgan fingerprint density at radius 1 is 1.73 bits per heavy atom. The first-order chi connectivity index (χ1) is 5.33. The highest BCUT2D eigenvalue weighted by atomic mass is 16.7. The topological polar surface area (TPSA) is 48.7 Å². The highest BCUT2D eigenvalue weighted by molar-refractivity contribution is 5.59. The highest BCUT2D eigenvalue weighted by Gasteiger charge is 2.00. The molecule has 0 unspecified atom stereocenters. The second-order valence-corrected chi connectivity index (χ2v) is 1.87. The SMILES string of the molecule is COC(=O)OCc1ccoc1. The van der Waals surface area contributed by atoms with Crippen LogP contribution in [0.5, 0.6) is 0 Å². The zero-order chi connectivity index (χ0) is 8.10. The zero-order valence-electron chi connectivity index (χ0n) is 6.07. The smallest absolute Gasteiger partial charge is 0.472 e. The van der Waals surface area contributed by atoms with Crippen molar-refractivity contribution in [3.63, 3.8) is 0 Å². The first-order valence-electron chi connectivity index (χ1n) is 3.04. The summed E-state index contributed by atoms with van der Waals surface area (Å²) in [5, 5.41) is 0. The van der Waals surface area contributed by atoms with Gasteiger partial charge in [0.2, 0.25) is 0 Å². The van der Waals surface area contributed by atoms with Crippen LogP contribution in [-0.2, 0) is 16.1 Å². The highest BCUT2D eigenvalue weighted by Crippen LogP contribution is 2.01. The van der Waals surface area contributed by atoms with Crippen molar-refractivity contribution < 1.29 is 18.7 Å². The summed E-state index contributed by atoms with van der Waals surface area (Å²) < 4.78 is 13.6. The summed E-state index contributed by atoms with van der Waals surface area (Å²) in [6.45, 7) is 0.184. The van der Waals surface area contributed by atoms with Crippen molar-refractivity contribution in [3.8, 4) is 0 Å². The van der Waals surface area contributed by atoms with Crippen LogP contribution in [0.25, 0.3) is 0 Å².